The van der Waals surface area contributed by atoms with Crippen molar-refractivity contribution in [3.8, 4) is 6.07 Å². The van der Waals surface area contributed by atoms with Gasteiger partial charge in [0.05, 0.1) is 19.1 Å². The average molecular weight is 279 g/mol. The first-order chi connectivity index (χ1) is 9.51. The van der Waals surface area contributed by atoms with E-state index in [1.165, 1.54) is 24.1 Å². The van der Waals surface area contributed by atoms with Crippen molar-refractivity contribution in [1.82, 2.24) is 4.90 Å². The fraction of sp³-hybridized carbons (Fsp3) is 0.429. The third-order valence-corrected chi connectivity index (χ3v) is 2.98. The van der Waals surface area contributed by atoms with Gasteiger partial charge in [-0.1, -0.05) is 0 Å². The summed E-state index contributed by atoms with van der Waals surface area (Å²) >= 11 is 0. The smallest absolute Gasteiger partial charge is 0.254 e. The number of hydrogen-bond acceptors (Lipinski definition) is 4. The number of halogens is 1. The Balaban J connectivity index is 2.96. The Labute approximate surface area is 117 Å². The van der Waals surface area contributed by atoms with Gasteiger partial charge in [-0.25, -0.2) is 4.39 Å². The second-order valence-corrected chi connectivity index (χ2v) is 4.37. The van der Waals surface area contributed by atoms with E-state index in [9.17, 15) is 9.18 Å². The van der Waals surface area contributed by atoms with Gasteiger partial charge in [-0.05, 0) is 19.1 Å². The predicted molar refractivity (Wildman–Crippen MR) is 73.6 cm³/mol. The Morgan fingerprint density at radius 2 is 2.20 bits per heavy atom. The number of rotatable bonds is 6. The molecule has 1 aromatic rings. The Kier molecular flexibility index (Phi) is 5.94. The van der Waals surface area contributed by atoms with Crippen LogP contribution < -0.4 is 5.73 Å². The lowest BCUT2D eigenvalue weighted by Crippen LogP contribution is -2.34. The Morgan fingerprint density at radius 3 is 2.75 bits per heavy atom. The minimum Gasteiger partial charge on any atom is -0.398 e. The van der Waals surface area contributed by atoms with Crippen LogP contribution in [0.5, 0.6) is 0 Å². The number of nitrogen functional groups attached to an aromatic ring is 1. The SMILES string of the molecule is COCCN(CCC#N)C(=O)c1cc(N)c(C)c(F)c1. The molecule has 0 spiro atoms. The number of nitrogens with two attached hydrogens (primary N) is 1. The third-order valence-electron chi connectivity index (χ3n) is 2.98. The second-order valence-electron chi connectivity index (χ2n) is 4.37. The van der Waals surface area contributed by atoms with Crippen LogP contribution in [0.2, 0.25) is 0 Å². The molecule has 1 amide bonds. The molecule has 0 radical (unpaired) electrons. The van der Waals surface area contributed by atoms with Crippen molar-refractivity contribution in [2.75, 3.05) is 32.5 Å². The summed E-state index contributed by atoms with van der Waals surface area (Å²) in [7, 11) is 1.52. The molecule has 0 fully saturated rings. The highest BCUT2D eigenvalue weighted by Gasteiger charge is 2.17. The lowest BCUT2D eigenvalue weighted by atomic mass is 10.1. The lowest BCUT2D eigenvalue weighted by molar-refractivity contribution is 0.0699. The van der Waals surface area contributed by atoms with Crippen LogP contribution in [0.1, 0.15) is 22.3 Å². The zero-order chi connectivity index (χ0) is 15.1. The molecular formula is C14H18FN3O2. The highest BCUT2D eigenvalue weighted by atomic mass is 19.1. The molecule has 0 aliphatic carbocycles. The average Bonchev–Trinajstić information content (AvgIpc) is 2.43. The predicted octanol–water partition coefficient (Wildman–Crippen LogP) is 1.72. The molecule has 0 atom stereocenters. The van der Waals surface area contributed by atoms with Crippen LogP contribution in [0.3, 0.4) is 0 Å². The number of nitriles is 1. The summed E-state index contributed by atoms with van der Waals surface area (Å²) in [6.45, 7) is 2.51. The Hall–Kier alpha value is -2.13. The number of benzene rings is 1. The molecule has 2 N–H and O–H groups in total. The Morgan fingerprint density at radius 1 is 1.50 bits per heavy atom. The monoisotopic (exact) mass is 279 g/mol. The van der Waals surface area contributed by atoms with Crippen molar-refractivity contribution in [3.05, 3.63) is 29.1 Å². The van der Waals surface area contributed by atoms with Gasteiger partial charge in [-0.15, -0.1) is 0 Å². The van der Waals surface area contributed by atoms with E-state index in [0.717, 1.165) is 0 Å². The molecular weight excluding hydrogens is 261 g/mol. The standard InChI is InChI=1S/C14H18FN3O2/c1-10-12(15)8-11(9-13(10)17)14(19)18(5-3-4-16)6-7-20-2/h8-9H,3,5-7,17H2,1-2H3. The fourth-order valence-electron chi connectivity index (χ4n) is 1.71. The Bertz CT molecular complexity index is 503. The van der Waals surface area contributed by atoms with E-state index >= 15 is 0 Å². The van der Waals surface area contributed by atoms with Gasteiger partial charge in [0.2, 0.25) is 0 Å². The van der Waals surface area contributed by atoms with Crippen molar-refractivity contribution in [1.29, 1.82) is 5.26 Å². The van der Waals surface area contributed by atoms with Gasteiger partial charge < -0.3 is 15.4 Å². The quantitative estimate of drug-likeness (QED) is 0.804. The summed E-state index contributed by atoms with van der Waals surface area (Å²) in [6, 6.07) is 4.60. The van der Waals surface area contributed by atoms with Gasteiger partial charge in [0.15, 0.2) is 0 Å². The van der Waals surface area contributed by atoms with E-state index in [1.54, 1.807) is 6.92 Å². The molecule has 6 heteroatoms. The normalized spacial score (nSPS) is 10.1. The van der Waals surface area contributed by atoms with Crippen molar-refractivity contribution in [3.63, 3.8) is 0 Å². The minimum absolute atomic E-state index is 0.180. The molecule has 0 unspecified atom stereocenters. The van der Waals surface area contributed by atoms with Gasteiger partial charge in [0.1, 0.15) is 5.82 Å². The maximum absolute atomic E-state index is 13.6. The molecule has 0 aliphatic heterocycles. The highest BCUT2D eigenvalue weighted by Crippen LogP contribution is 2.19. The van der Waals surface area contributed by atoms with Crippen molar-refractivity contribution >= 4 is 11.6 Å². The largest absolute Gasteiger partial charge is 0.398 e. The molecule has 108 valence electrons. The van der Waals surface area contributed by atoms with Crippen LogP contribution in [-0.2, 0) is 4.74 Å². The molecule has 1 aromatic carbocycles. The molecule has 0 saturated heterocycles. The number of carbonyl (C=O) groups is 1. The van der Waals surface area contributed by atoms with Crippen molar-refractivity contribution in [2.45, 2.75) is 13.3 Å². The molecule has 0 bridgehead atoms. The van der Waals surface area contributed by atoms with E-state index in [-0.39, 0.29) is 30.1 Å². The number of amides is 1. The number of methoxy groups -OCH3 is 1. The molecule has 20 heavy (non-hydrogen) atoms. The van der Waals surface area contributed by atoms with Crippen LogP contribution in [0.4, 0.5) is 10.1 Å². The summed E-state index contributed by atoms with van der Waals surface area (Å²) in [4.78, 5) is 13.8. The maximum Gasteiger partial charge on any atom is 0.254 e. The van der Waals surface area contributed by atoms with Crippen molar-refractivity contribution in [2.24, 2.45) is 0 Å². The third kappa shape index (κ3) is 3.93. The summed E-state index contributed by atoms with van der Waals surface area (Å²) in [5, 5.41) is 8.62. The second kappa shape index (κ2) is 7.46. The van der Waals surface area contributed by atoms with Crippen LogP contribution in [0.25, 0.3) is 0 Å². The first kappa shape index (κ1) is 15.9. The van der Waals surface area contributed by atoms with Gasteiger partial charge in [0, 0.05) is 37.0 Å². The van der Waals surface area contributed by atoms with Gasteiger partial charge in [0.25, 0.3) is 5.91 Å². The van der Waals surface area contributed by atoms with Crippen LogP contribution in [0.15, 0.2) is 12.1 Å². The van der Waals surface area contributed by atoms with E-state index in [4.69, 9.17) is 15.7 Å². The zero-order valence-corrected chi connectivity index (χ0v) is 11.6. The topological polar surface area (TPSA) is 79.3 Å². The molecule has 0 aromatic heterocycles. The summed E-state index contributed by atoms with van der Waals surface area (Å²) < 4.78 is 18.6. The zero-order valence-electron chi connectivity index (χ0n) is 11.6. The van der Waals surface area contributed by atoms with E-state index < -0.39 is 5.82 Å². The molecule has 1 rings (SSSR count). The summed E-state index contributed by atoms with van der Waals surface area (Å²) in [5.74, 6) is -0.872. The van der Waals surface area contributed by atoms with Gasteiger partial charge in [-0.2, -0.15) is 5.26 Å². The summed E-state index contributed by atoms with van der Waals surface area (Å²) in [6.07, 6.45) is 0.208. The molecule has 5 nitrogen and oxygen atoms in total. The molecule has 0 heterocycles. The van der Waals surface area contributed by atoms with Crippen LogP contribution in [-0.4, -0.2) is 37.6 Å². The van der Waals surface area contributed by atoms with E-state index in [1.807, 2.05) is 6.07 Å². The maximum atomic E-state index is 13.6. The van der Waals surface area contributed by atoms with Gasteiger partial charge in [-0.3, -0.25) is 4.79 Å². The van der Waals surface area contributed by atoms with Gasteiger partial charge >= 0.3 is 0 Å². The first-order valence-electron chi connectivity index (χ1n) is 6.22. The first-order valence-corrected chi connectivity index (χ1v) is 6.22. The molecule has 0 aliphatic rings. The lowest BCUT2D eigenvalue weighted by Gasteiger charge is -2.21. The number of carbonyl (C=O) groups excluding carboxylic acids is 1. The van der Waals surface area contributed by atoms with E-state index in [0.29, 0.717) is 18.7 Å². The van der Waals surface area contributed by atoms with Crippen molar-refractivity contribution < 1.29 is 13.9 Å². The van der Waals surface area contributed by atoms with E-state index in [2.05, 4.69) is 0 Å². The number of nitrogens with zero attached hydrogens (tertiary/aromatic N) is 2. The number of hydrogen-bond donors (Lipinski definition) is 1. The minimum atomic E-state index is -0.514. The number of anilines is 1. The molecule has 0 saturated carbocycles. The fourth-order valence-corrected chi connectivity index (χ4v) is 1.71. The summed E-state index contributed by atoms with van der Waals surface area (Å²) in [5.41, 5.74) is 6.41. The van der Waals surface area contributed by atoms with Crippen LogP contribution in [0, 0.1) is 24.1 Å². The highest BCUT2D eigenvalue weighted by molar-refractivity contribution is 5.95. The van der Waals surface area contributed by atoms with Crippen LogP contribution >= 0.6 is 0 Å². The number of ether oxygens (including phenoxy) is 1.